The molecule has 5 heteroatoms. The average molecular weight is 384 g/mol. The van der Waals surface area contributed by atoms with Gasteiger partial charge in [0.2, 0.25) is 0 Å². The molecule has 0 unspecified atom stereocenters. The van der Waals surface area contributed by atoms with E-state index in [9.17, 15) is 9.90 Å². The van der Waals surface area contributed by atoms with Crippen LogP contribution in [-0.2, 0) is 13.0 Å². The Morgan fingerprint density at radius 1 is 1.10 bits per heavy atom. The molecule has 4 aromatic rings. The summed E-state index contributed by atoms with van der Waals surface area (Å²) in [5.41, 5.74) is 3.95. The molecule has 1 aliphatic rings. The van der Waals surface area contributed by atoms with Gasteiger partial charge in [0.1, 0.15) is 17.2 Å². The van der Waals surface area contributed by atoms with Crippen LogP contribution in [0.15, 0.2) is 65.2 Å². The first-order valence-corrected chi connectivity index (χ1v) is 9.66. The van der Waals surface area contributed by atoms with Gasteiger partial charge in [0.15, 0.2) is 0 Å². The predicted octanol–water partition coefficient (Wildman–Crippen LogP) is 4.71. The van der Waals surface area contributed by atoms with Gasteiger partial charge in [0.25, 0.3) is 5.91 Å². The van der Waals surface area contributed by atoms with Crippen LogP contribution in [0.4, 0.5) is 0 Å². The van der Waals surface area contributed by atoms with Crippen molar-refractivity contribution in [2.45, 2.75) is 19.9 Å². The highest BCUT2D eigenvalue weighted by Crippen LogP contribution is 2.35. The molecule has 1 aromatic heterocycles. The number of carbonyl (C=O) groups excluding carboxylic acids is 1. The van der Waals surface area contributed by atoms with Gasteiger partial charge in [-0.1, -0.05) is 53.7 Å². The third kappa shape index (κ3) is 2.95. The van der Waals surface area contributed by atoms with Crippen LogP contribution in [0.25, 0.3) is 22.0 Å². The van der Waals surface area contributed by atoms with E-state index < -0.39 is 0 Å². The first-order chi connectivity index (χ1) is 14.1. The van der Waals surface area contributed by atoms with Crippen LogP contribution < -0.4 is 0 Å². The van der Waals surface area contributed by atoms with Gasteiger partial charge in [-0.2, -0.15) is 0 Å². The third-order valence-corrected chi connectivity index (χ3v) is 5.54. The molecule has 5 rings (SSSR count). The molecule has 0 radical (unpaired) electrons. The van der Waals surface area contributed by atoms with E-state index >= 15 is 0 Å². The van der Waals surface area contributed by atoms with Gasteiger partial charge in [0, 0.05) is 24.1 Å². The minimum Gasteiger partial charge on any atom is -0.507 e. The van der Waals surface area contributed by atoms with Crippen molar-refractivity contribution in [2.75, 3.05) is 6.54 Å². The molecule has 0 saturated carbocycles. The summed E-state index contributed by atoms with van der Waals surface area (Å²) in [4.78, 5) is 14.8. The van der Waals surface area contributed by atoms with Gasteiger partial charge >= 0.3 is 0 Å². The second kappa shape index (κ2) is 6.78. The zero-order valence-electron chi connectivity index (χ0n) is 16.1. The summed E-state index contributed by atoms with van der Waals surface area (Å²) < 4.78 is 5.63. The number of benzene rings is 3. The maximum atomic E-state index is 13.0. The minimum absolute atomic E-state index is 0.0143. The Labute approximate surface area is 168 Å². The van der Waals surface area contributed by atoms with Crippen molar-refractivity contribution in [3.63, 3.8) is 0 Å². The van der Waals surface area contributed by atoms with E-state index in [1.165, 1.54) is 0 Å². The molecule has 3 aromatic carbocycles. The largest absolute Gasteiger partial charge is 0.507 e. The predicted molar refractivity (Wildman–Crippen MR) is 111 cm³/mol. The summed E-state index contributed by atoms with van der Waals surface area (Å²) in [6.07, 6.45) is 0.603. The third-order valence-electron chi connectivity index (χ3n) is 5.54. The molecule has 1 aliphatic heterocycles. The van der Waals surface area contributed by atoms with E-state index in [4.69, 9.17) is 4.52 Å². The lowest BCUT2D eigenvalue weighted by atomic mass is 9.96. The highest BCUT2D eigenvalue weighted by molar-refractivity contribution is 5.98. The number of hydrogen-bond donors (Lipinski definition) is 1. The number of amides is 1. The lowest BCUT2D eigenvalue weighted by Crippen LogP contribution is -2.35. The van der Waals surface area contributed by atoms with E-state index in [1.54, 1.807) is 17.0 Å². The van der Waals surface area contributed by atoms with Crippen molar-refractivity contribution >= 4 is 16.7 Å². The number of carbonyl (C=O) groups is 1. The van der Waals surface area contributed by atoms with Gasteiger partial charge in [-0.15, -0.1) is 0 Å². The Hall–Kier alpha value is -3.60. The maximum absolute atomic E-state index is 13.0. The van der Waals surface area contributed by atoms with Gasteiger partial charge in [-0.3, -0.25) is 4.79 Å². The maximum Gasteiger partial charge on any atom is 0.257 e. The Morgan fingerprint density at radius 3 is 2.79 bits per heavy atom. The SMILES string of the molecule is Cc1ccc(C(=O)N2CCc3onc(-c4cccc5ccccc45)c3C2)c(O)c1. The topological polar surface area (TPSA) is 66.6 Å². The van der Waals surface area contributed by atoms with Crippen molar-refractivity contribution in [3.05, 3.63) is 83.1 Å². The van der Waals surface area contributed by atoms with E-state index in [1.807, 2.05) is 37.3 Å². The van der Waals surface area contributed by atoms with Crippen LogP contribution in [0.5, 0.6) is 5.75 Å². The molecule has 2 heterocycles. The lowest BCUT2D eigenvalue weighted by molar-refractivity contribution is 0.0726. The summed E-state index contributed by atoms with van der Waals surface area (Å²) in [6.45, 7) is 2.82. The number of aryl methyl sites for hydroxylation is 1. The fraction of sp³-hybridized carbons (Fsp3) is 0.167. The smallest absolute Gasteiger partial charge is 0.257 e. The summed E-state index contributed by atoms with van der Waals surface area (Å²) in [6, 6.07) is 19.4. The highest BCUT2D eigenvalue weighted by Gasteiger charge is 2.29. The van der Waals surface area contributed by atoms with Gasteiger partial charge < -0.3 is 14.5 Å². The first kappa shape index (κ1) is 17.5. The van der Waals surface area contributed by atoms with Crippen LogP contribution >= 0.6 is 0 Å². The fourth-order valence-electron chi connectivity index (χ4n) is 4.02. The Morgan fingerprint density at radius 2 is 1.93 bits per heavy atom. The molecular weight excluding hydrogens is 364 g/mol. The second-order valence-electron chi connectivity index (χ2n) is 7.46. The normalized spacial score (nSPS) is 13.5. The number of aromatic nitrogens is 1. The van der Waals surface area contributed by atoms with Crippen LogP contribution in [0.1, 0.15) is 27.2 Å². The number of nitrogens with zero attached hydrogens (tertiary/aromatic N) is 2. The Bertz CT molecular complexity index is 1240. The van der Waals surface area contributed by atoms with Crippen LogP contribution in [0, 0.1) is 6.92 Å². The minimum atomic E-state index is -0.182. The molecule has 0 fully saturated rings. The number of phenols is 1. The summed E-state index contributed by atoms with van der Waals surface area (Å²) >= 11 is 0. The molecule has 0 aliphatic carbocycles. The Kier molecular flexibility index (Phi) is 4.09. The Balaban J connectivity index is 1.53. The van der Waals surface area contributed by atoms with Crippen LogP contribution in [0.2, 0.25) is 0 Å². The number of phenolic OH excluding ortho intramolecular Hbond substituents is 1. The van der Waals surface area contributed by atoms with Crippen molar-refractivity contribution in [1.29, 1.82) is 0 Å². The molecule has 1 amide bonds. The molecule has 1 N–H and O–H groups in total. The van der Waals surface area contributed by atoms with Crippen molar-refractivity contribution in [2.24, 2.45) is 0 Å². The summed E-state index contributed by atoms with van der Waals surface area (Å²) in [5, 5.41) is 16.8. The zero-order valence-corrected chi connectivity index (χ0v) is 16.1. The van der Waals surface area contributed by atoms with Crippen LogP contribution in [0.3, 0.4) is 0 Å². The van der Waals surface area contributed by atoms with Crippen molar-refractivity contribution in [3.8, 4) is 17.0 Å². The van der Waals surface area contributed by atoms with E-state index in [-0.39, 0.29) is 11.7 Å². The van der Waals surface area contributed by atoms with Gasteiger partial charge in [-0.05, 0) is 35.4 Å². The van der Waals surface area contributed by atoms with E-state index in [0.717, 1.165) is 38.9 Å². The van der Waals surface area contributed by atoms with Crippen LogP contribution in [-0.4, -0.2) is 27.6 Å². The standard InChI is InChI=1S/C24H20N2O3/c1-15-9-10-19(21(27)13-15)24(28)26-12-11-22-20(14-26)23(25-29-22)18-8-4-6-16-5-2-3-7-17(16)18/h2-10,13,27H,11-12,14H2,1H3. The molecular formula is C24H20N2O3. The molecule has 0 saturated heterocycles. The number of hydrogen-bond acceptors (Lipinski definition) is 4. The number of aromatic hydroxyl groups is 1. The number of fused-ring (bicyclic) bond motifs is 2. The molecule has 0 atom stereocenters. The van der Waals surface area contributed by atoms with Crippen molar-refractivity contribution in [1.82, 2.24) is 10.1 Å². The number of rotatable bonds is 2. The second-order valence-corrected chi connectivity index (χ2v) is 7.46. The lowest BCUT2D eigenvalue weighted by Gasteiger charge is -2.26. The summed E-state index contributed by atoms with van der Waals surface area (Å²) in [7, 11) is 0. The molecule has 0 spiro atoms. The first-order valence-electron chi connectivity index (χ1n) is 9.66. The highest BCUT2D eigenvalue weighted by atomic mass is 16.5. The van der Waals surface area contributed by atoms with Gasteiger partial charge in [0.05, 0.1) is 12.1 Å². The van der Waals surface area contributed by atoms with E-state index in [0.29, 0.717) is 25.1 Å². The summed E-state index contributed by atoms with van der Waals surface area (Å²) in [5.74, 6) is 0.656. The monoisotopic (exact) mass is 384 g/mol. The zero-order chi connectivity index (χ0) is 20.0. The molecule has 5 nitrogen and oxygen atoms in total. The molecule has 144 valence electrons. The molecule has 0 bridgehead atoms. The van der Waals surface area contributed by atoms with E-state index in [2.05, 4.69) is 23.4 Å². The van der Waals surface area contributed by atoms with Gasteiger partial charge in [-0.25, -0.2) is 0 Å². The molecule has 29 heavy (non-hydrogen) atoms. The quantitative estimate of drug-likeness (QED) is 0.544. The van der Waals surface area contributed by atoms with Crippen molar-refractivity contribution < 1.29 is 14.4 Å². The fourth-order valence-corrected chi connectivity index (χ4v) is 4.02. The average Bonchev–Trinajstić information content (AvgIpc) is 3.16.